The van der Waals surface area contributed by atoms with Gasteiger partial charge in [-0.05, 0) is 31.4 Å². The standard InChI is InChI=1S/C12H16N2O2S/c1-3-13-12(16)9(2)14-11(15)7-6-10-5-4-8-17-10/h4-9H,3H2,1-2H3,(H,13,16)(H,14,15)/b7-6+/t9-/m0/s1. The van der Waals surface area contributed by atoms with Crippen molar-refractivity contribution in [3.8, 4) is 0 Å². The number of amides is 2. The zero-order chi connectivity index (χ0) is 12.7. The summed E-state index contributed by atoms with van der Waals surface area (Å²) in [5.74, 6) is -0.442. The molecule has 0 aliphatic heterocycles. The minimum atomic E-state index is -0.518. The Kier molecular flexibility index (Phi) is 5.42. The average Bonchev–Trinajstić information content (AvgIpc) is 2.79. The van der Waals surface area contributed by atoms with Crippen LogP contribution in [0, 0.1) is 0 Å². The van der Waals surface area contributed by atoms with E-state index in [1.54, 1.807) is 24.3 Å². The minimum Gasteiger partial charge on any atom is -0.355 e. The second-order valence-electron chi connectivity index (χ2n) is 3.47. The largest absolute Gasteiger partial charge is 0.355 e. The van der Waals surface area contributed by atoms with Crippen LogP contribution >= 0.6 is 11.3 Å². The summed E-state index contributed by atoms with van der Waals surface area (Å²) in [6.07, 6.45) is 3.16. The summed E-state index contributed by atoms with van der Waals surface area (Å²) in [7, 11) is 0. The molecule has 0 saturated heterocycles. The smallest absolute Gasteiger partial charge is 0.244 e. The van der Waals surface area contributed by atoms with E-state index in [0.29, 0.717) is 6.54 Å². The van der Waals surface area contributed by atoms with Crippen molar-refractivity contribution in [2.75, 3.05) is 6.54 Å². The quantitative estimate of drug-likeness (QED) is 0.778. The number of likely N-dealkylation sites (N-methyl/N-ethyl adjacent to an activating group) is 1. The molecule has 2 amide bonds. The van der Waals surface area contributed by atoms with Gasteiger partial charge in [-0.15, -0.1) is 11.3 Å². The Labute approximate surface area is 105 Å². The van der Waals surface area contributed by atoms with Crippen LogP contribution in [0.3, 0.4) is 0 Å². The monoisotopic (exact) mass is 252 g/mol. The molecule has 0 aromatic carbocycles. The third-order valence-corrected chi connectivity index (χ3v) is 2.88. The zero-order valence-corrected chi connectivity index (χ0v) is 10.7. The van der Waals surface area contributed by atoms with Crippen LogP contribution in [0.4, 0.5) is 0 Å². The lowest BCUT2D eigenvalue weighted by Gasteiger charge is -2.11. The molecule has 0 spiro atoms. The number of rotatable bonds is 5. The molecule has 17 heavy (non-hydrogen) atoms. The van der Waals surface area contributed by atoms with Gasteiger partial charge in [0.05, 0.1) is 0 Å². The first kappa shape index (κ1) is 13.4. The molecule has 1 heterocycles. The molecular formula is C12H16N2O2S. The number of carbonyl (C=O) groups excluding carboxylic acids is 2. The second-order valence-corrected chi connectivity index (χ2v) is 4.45. The van der Waals surface area contributed by atoms with Gasteiger partial charge in [0.1, 0.15) is 6.04 Å². The van der Waals surface area contributed by atoms with Crippen molar-refractivity contribution in [1.82, 2.24) is 10.6 Å². The highest BCUT2D eigenvalue weighted by molar-refractivity contribution is 7.10. The van der Waals surface area contributed by atoms with Crippen molar-refractivity contribution in [3.05, 3.63) is 28.5 Å². The highest BCUT2D eigenvalue weighted by Crippen LogP contribution is 2.09. The summed E-state index contributed by atoms with van der Waals surface area (Å²) in [6, 6.07) is 3.32. The number of thiophene rings is 1. The van der Waals surface area contributed by atoms with Crippen LogP contribution < -0.4 is 10.6 Å². The van der Waals surface area contributed by atoms with E-state index in [1.165, 1.54) is 6.08 Å². The zero-order valence-electron chi connectivity index (χ0n) is 9.90. The highest BCUT2D eigenvalue weighted by Gasteiger charge is 2.12. The Hall–Kier alpha value is -1.62. The van der Waals surface area contributed by atoms with Crippen LogP contribution in [0.25, 0.3) is 6.08 Å². The molecule has 1 aromatic heterocycles. The molecule has 0 bridgehead atoms. The van der Waals surface area contributed by atoms with Gasteiger partial charge in [0.2, 0.25) is 11.8 Å². The van der Waals surface area contributed by atoms with Crippen molar-refractivity contribution in [2.24, 2.45) is 0 Å². The molecule has 0 aliphatic carbocycles. The van der Waals surface area contributed by atoms with Gasteiger partial charge in [0.25, 0.3) is 0 Å². The molecular weight excluding hydrogens is 236 g/mol. The molecule has 0 radical (unpaired) electrons. The average molecular weight is 252 g/mol. The molecule has 0 saturated carbocycles. The summed E-state index contributed by atoms with van der Waals surface area (Å²) in [6.45, 7) is 4.05. The van der Waals surface area contributed by atoms with E-state index in [1.807, 2.05) is 24.4 Å². The summed E-state index contributed by atoms with van der Waals surface area (Å²) in [5, 5.41) is 7.18. The van der Waals surface area contributed by atoms with Gasteiger partial charge in [-0.3, -0.25) is 9.59 Å². The summed E-state index contributed by atoms with van der Waals surface area (Å²) in [4.78, 5) is 23.9. The van der Waals surface area contributed by atoms with Crippen molar-refractivity contribution < 1.29 is 9.59 Å². The van der Waals surface area contributed by atoms with E-state index < -0.39 is 6.04 Å². The van der Waals surface area contributed by atoms with Crippen molar-refractivity contribution in [1.29, 1.82) is 0 Å². The Morgan fingerprint density at radius 3 is 2.88 bits per heavy atom. The number of hydrogen-bond donors (Lipinski definition) is 2. The minimum absolute atomic E-state index is 0.176. The fraction of sp³-hybridized carbons (Fsp3) is 0.333. The van der Waals surface area contributed by atoms with E-state index in [0.717, 1.165) is 4.88 Å². The maximum atomic E-state index is 11.5. The maximum Gasteiger partial charge on any atom is 0.244 e. The third-order valence-electron chi connectivity index (χ3n) is 2.05. The van der Waals surface area contributed by atoms with Crippen LogP contribution in [0.15, 0.2) is 23.6 Å². The molecule has 5 heteroatoms. The van der Waals surface area contributed by atoms with Gasteiger partial charge >= 0.3 is 0 Å². The number of nitrogens with one attached hydrogen (secondary N) is 2. The molecule has 1 rings (SSSR count). The SMILES string of the molecule is CCNC(=O)[C@H](C)NC(=O)/C=C/c1cccs1. The fourth-order valence-electron chi connectivity index (χ4n) is 1.20. The Morgan fingerprint density at radius 1 is 1.53 bits per heavy atom. The first-order valence-corrected chi connectivity index (χ1v) is 6.31. The second kappa shape index (κ2) is 6.85. The summed E-state index contributed by atoms with van der Waals surface area (Å²) < 4.78 is 0. The topological polar surface area (TPSA) is 58.2 Å². The molecule has 0 unspecified atom stereocenters. The molecule has 92 valence electrons. The lowest BCUT2D eigenvalue weighted by atomic mass is 10.3. The van der Waals surface area contributed by atoms with E-state index in [2.05, 4.69) is 10.6 Å². The Morgan fingerprint density at radius 2 is 2.29 bits per heavy atom. The van der Waals surface area contributed by atoms with E-state index in [9.17, 15) is 9.59 Å². The first-order valence-electron chi connectivity index (χ1n) is 5.43. The Bertz CT molecular complexity index is 399. The molecule has 4 nitrogen and oxygen atoms in total. The molecule has 1 aromatic rings. The van der Waals surface area contributed by atoms with Crippen molar-refractivity contribution >= 4 is 29.2 Å². The molecule has 2 N–H and O–H groups in total. The Balaban J connectivity index is 2.41. The van der Waals surface area contributed by atoms with Crippen LogP contribution in [0.2, 0.25) is 0 Å². The van der Waals surface area contributed by atoms with Crippen LogP contribution in [0.1, 0.15) is 18.7 Å². The van der Waals surface area contributed by atoms with E-state index in [-0.39, 0.29) is 11.8 Å². The van der Waals surface area contributed by atoms with E-state index >= 15 is 0 Å². The fourth-order valence-corrected chi connectivity index (χ4v) is 1.82. The van der Waals surface area contributed by atoms with Crippen LogP contribution in [-0.4, -0.2) is 24.4 Å². The number of hydrogen-bond acceptors (Lipinski definition) is 3. The van der Waals surface area contributed by atoms with Gasteiger partial charge in [0.15, 0.2) is 0 Å². The molecule has 1 atom stereocenters. The predicted molar refractivity (Wildman–Crippen MR) is 69.6 cm³/mol. The summed E-state index contributed by atoms with van der Waals surface area (Å²) in [5.41, 5.74) is 0. The highest BCUT2D eigenvalue weighted by atomic mass is 32.1. The molecule has 0 aliphatic rings. The van der Waals surface area contributed by atoms with Gasteiger partial charge in [0, 0.05) is 17.5 Å². The van der Waals surface area contributed by atoms with E-state index in [4.69, 9.17) is 0 Å². The van der Waals surface area contributed by atoms with Gasteiger partial charge in [-0.2, -0.15) is 0 Å². The normalized spacial score (nSPS) is 12.4. The van der Waals surface area contributed by atoms with Crippen LogP contribution in [0.5, 0.6) is 0 Å². The maximum absolute atomic E-state index is 11.5. The van der Waals surface area contributed by atoms with Gasteiger partial charge in [-0.1, -0.05) is 6.07 Å². The first-order chi connectivity index (χ1) is 8.13. The summed E-state index contributed by atoms with van der Waals surface area (Å²) >= 11 is 1.55. The lowest BCUT2D eigenvalue weighted by molar-refractivity contribution is -0.126. The van der Waals surface area contributed by atoms with Crippen LogP contribution in [-0.2, 0) is 9.59 Å². The van der Waals surface area contributed by atoms with Gasteiger partial charge in [-0.25, -0.2) is 0 Å². The lowest BCUT2D eigenvalue weighted by Crippen LogP contribution is -2.44. The van der Waals surface area contributed by atoms with Crippen molar-refractivity contribution in [3.63, 3.8) is 0 Å². The van der Waals surface area contributed by atoms with Gasteiger partial charge < -0.3 is 10.6 Å². The van der Waals surface area contributed by atoms with Crippen molar-refractivity contribution in [2.45, 2.75) is 19.9 Å². The molecule has 0 fully saturated rings. The number of carbonyl (C=O) groups is 2. The predicted octanol–water partition coefficient (Wildman–Crippen LogP) is 1.40. The third kappa shape index (κ3) is 4.82.